The molecule has 3 rings (SSSR count). The summed E-state index contributed by atoms with van der Waals surface area (Å²) >= 11 is 0. The van der Waals surface area contributed by atoms with E-state index in [1.165, 1.54) is 38.7 Å². The van der Waals surface area contributed by atoms with Gasteiger partial charge in [0.25, 0.3) is 5.69 Å². The van der Waals surface area contributed by atoms with Gasteiger partial charge in [0.15, 0.2) is 0 Å². The zero-order valence-electron chi connectivity index (χ0n) is 22.1. The molecule has 8 nitrogen and oxygen atoms in total. The van der Waals surface area contributed by atoms with Crippen LogP contribution in [0.5, 0.6) is 0 Å². The number of nitro groups is 1. The van der Waals surface area contributed by atoms with Crippen LogP contribution < -0.4 is 0 Å². The normalized spacial score (nSPS) is 11.8. The Morgan fingerprint density at radius 1 is 0.892 bits per heavy atom. The standard InChI is InChI=1S/C29H37N3O5/c1-4-6-8-9-10-12-18-31-27-16-14-22(29(34)26(13-11-7-5-2)30-37-21(3)33)19-24(27)25-20-23(32(35)36)15-17-28(25)31/h14-17,19-20H,4-13,18H2,1-3H3/b30-26+. The summed E-state index contributed by atoms with van der Waals surface area (Å²) in [7, 11) is 0. The number of nitrogens with zero attached hydrogens (tertiary/aromatic N) is 3. The molecular formula is C29H37N3O5. The number of rotatable bonds is 15. The summed E-state index contributed by atoms with van der Waals surface area (Å²) in [4.78, 5) is 40.6. The number of Topliss-reactive ketones (excluding diaryl/α,β-unsaturated/α-hetero) is 1. The van der Waals surface area contributed by atoms with Crippen LogP contribution in [0.3, 0.4) is 0 Å². The van der Waals surface area contributed by atoms with E-state index >= 15 is 0 Å². The van der Waals surface area contributed by atoms with E-state index in [1.54, 1.807) is 24.3 Å². The number of hydrogen-bond donors (Lipinski definition) is 0. The van der Waals surface area contributed by atoms with Gasteiger partial charge in [-0.2, -0.15) is 0 Å². The van der Waals surface area contributed by atoms with E-state index in [0.29, 0.717) is 12.0 Å². The van der Waals surface area contributed by atoms with Crippen molar-refractivity contribution in [3.05, 3.63) is 52.1 Å². The molecule has 1 aromatic heterocycles. The number of fused-ring (bicyclic) bond motifs is 3. The van der Waals surface area contributed by atoms with E-state index in [9.17, 15) is 19.7 Å². The van der Waals surface area contributed by atoms with Gasteiger partial charge < -0.3 is 9.40 Å². The third-order valence-corrected chi connectivity index (χ3v) is 6.62. The van der Waals surface area contributed by atoms with E-state index in [0.717, 1.165) is 60.5 Å². The Hall–Kier alpha value is -3.55. The molecule has 0 unspecified atom stereocenters. The van der Waals surface area contributed by atoms with Gasteiger partial charge in [-0.25, -0.2) is 4.79 Å². The lowest BCUT2D eigenvalue weighted by atomic mass is 10.00. The van der Waals surface area contributed by atoms with Gasteiger partial charge in [0.2, 0.25) is 5.78 Å². The van der Waals surface area contributed by atoms with Crippen LogP contribution in [-0.2, 0) is 16.2 Å². The minimum atomic E-state index is -0.582. The molecule has 0 saturated heterocycles. The van der Waals surface area contributed by atoms with Crippen LogP contribution in [-0.4, -0.2) is 27.0 Å². The summed E-state index contributed by atoms with van der Waals surface area (Å²) in [5, 5.41) is 16.9. The smallest absolute Gasteiger partial charge is 0.331 e. The van der Waals surface area contributed by atoms with E-state index in [2.05, 4.69) is 23.6 Å². The quantitative estimate of drug-likeness (QED) is 0.0522. The fraction of sp³-hybridized carbons (Fsp3) is 0.483. The molecule has 198 valence electrons. The van der Waals surface area contributed by atoms with Crippen molar-refractivity contribution in [1.29, 1.82) is 0 Å². The molecule has 2 aromatic carbocycles. The summed E-state index contributed by atoms with van der Waals surface area (Å²) in [6.45, 7) is 6.31. The Bertz CT molecular complexity index is 1290. The number of carbonyl (C=O) groups excluding carboxylic acids is 2. The zero-order valence-corrected chi connectivity index (χ0v) is 22.1. The Labute approximate surface area is 217 Å². The third-order valence-electron chi connectivity index (χ3n) is 6.62. The van der Waals surface area contributed by atoms with Crippen LogP contribution in [0, 0.1) is 10.1 Å². The number of unbranched alkanes of at least 4 members (excludes halogenated alkanes) is 7. The van der Waals surface area contributed by atoms with Gasteiger partial charge in [-0.3, -0.25) is 14.9 Å². The molecular weight excluding hydrogens is 470 g/mol. The monoisotopic (exact) mass is 507 g/mol. The molecule has 0 fully saturated rings. The van der Waals surface area contributed by atoms with Gasteiger partial charge in [0.1, 0.15) is 5.71 Å². The van der Waals surface area contributed by atoms with Crippen molar-refractivity contribution in [2.45, 2.75) is 91.5 Å². The van der Waals surface area contributed by atoms with Crippen molar-refractivity contribution in [2.24, 2.45) is 5.16 Å². The minimum absolute atomic E-state index is 0.0134. The van der Waals surface area contributed by atoms with Crippen molar-refractivity contribution in [3.8, 4) is 0 Å². The maximum Gasteiger partial charge on any atom is 0.331 e. The number of hydrogen-bond acceptors (Lipinski definition) is 6. The number of nitro benzene ring substituents is 1. The Balaban J connectivity index is 2.00. The fourth-order valence-electron chi connectivity index (χ4n) is 4.67. The summed E-state index contributed by atoms with van der Waals surface area (Å²) in [5.74, 6) is -0.886. The first-order chi connectivity index (χ1) is 17.9. The van der Waals surface area contributed by atoms with Crippen LogP contribution in [0.25, 0.3) is 21.8 Å². The third kappa shape index (κ3) is 7.24. The molecule has 0 N–H and O–H groups in total. The lowest BCUT2D eigenvalue weighted by molar-refractivity contribution is -0.384. The maximum atomic E-state index is 13.4. The average molecular weight is 508 g/mol. The second-order valence-corrected chi connectivity index (χ2v) is 9.52. The highest BCUT2D eigenvalue weighted by atomic mass is 16.7. The highest BCUT2D eigenvalue weighted by molar-refractivity contribution is 6.46. The number of non-ortho nitro benzene ring substituents is 1. The largest absolute Gasteiger partial charge is 0.340 e. The van der Waals surface area contributed by atoms with Gasteiger partial charge in [0, 0.05) is 53.0 Å². The minimum Gasteiger partial charge on any atom is -0.340 e. The molecule has 0 atom stereocenters. The second kappa shape index (κ2) is 13.7. The Morgan fingerprint density at radius 3 is 2.19 bits per heavy atom. The molecule has 0 aliphatic rings. The van der Waals surface area contributed by atoms with Crippen LogP contribution in [0.2, 0.25) is 0 Å². The van der Waals surface area contributed by atoms with Crippen molar-refractivity contribution >= 4 is 45.0 Å². The van der Waals surface area contributed by atoms with Crippen LogP contribution in [0.15, 0.2) is 41.6 Å². The van der Waals surface area contributed by atoms with Gasteiger partial charge in [-0.1, -0.05) is 63.9 Å². The molecule has 0 aliphatic heterocycles. The first-order valence-corrected chi connectivity index (χ1v) is 13.4. The summed E-state index contributed by atoms with van der Waals surface area (Å²) in [5.41, 5.74) is 2.48. The van der Waals surface area contributed by atoms with Gasteiger partial charge in [-0.05, 0) is 43.5 Å². The molecule has 0 spiro atoms. The van der Waals surface area contributed by atoms with Crippen molar-refractivity contribution in [1.82, 2.24) is 4.57 Å². The molecule has 8 heteroatoms. The molecule has 0 aliphatic carbocycles. The highest BCUT2D eigenvalue weighted by Gasteiger charge is 2.20. The zero-order chi connectivity index (χ0) is 26.8. The predicted octanol–water partition coefficient (Wildman–Crippen LogP) is 7.75. The number of oxime groups is 1. The average Bonchev–Trinajstić information content (AvgIpc) is 3.19. The molecule has 0 amide bonds. The second-order valence-electron chi connectivity index (χ2n) is 9.52. The first kappa shape index (κ1) is 28.0. The van der Waals surface area contributed by atoms with Crippen LogP contribution in [0.4, 0.5) is 5.69 Å². The topological polar surface area (TPSA) is 104 Å². The van der Waals surface area contributed by atoms with Crippen molar-refractivity contribution in [3.63, 3.8) is 0 Å². The van der Waals surface area contributed by atoms with Crippen molar-refractivity contribution < 1.29 is 19.3 Å². The van der Waals surface area contributed by atoms with Gasteiger partial charge >= 0.3 is 5.97 Å². The number of benzene rings is 2. The van der Waals surface area contributed by atoms with Crippen LogP contribution >= 0.6 is 0 Å². The number of carbonyl (C=O) groups is 2. The Kier molecular flexibility index (Phi) is 10.4. The summed E-state index contributed by atoms with van der Waals surface area (Å²) < 4.78 is 2.19. The van der Waals surface area contributed by atoms with Gasteiger partial charge in [-0.15, -0.1) is 0 Å². The van der Waals surface area contributed by atoms with Crippen molar-refractivity contribution in [2.75, 3.05) is 0 Å². The molecule has 0 bridgehead atoms. The Morgan fingerprint density at radius 2 is 1.51 bits per heavy atom. The molecule has 3 aromatic rings. The van der Waals surface area contributed by atoms with E-state index in [4.69, 9.17) is 4.84 Å². The first-order valence-electron chi connectivity index (χ1n) is 13.4. The lowest BCUT2D eigenvalue weighted by Gasteiger charge is -2.09. The highest BCUT2D eigenvalue weighted by Crippen LogP contribution is 2.33. The lowest BCUT2D eigenvalue weighted by Crippen LogP contribution is -2.16. The van der Waals surface area contributed by atoms with E-state index in [-0.39, 0.29) is 17.2 Å². The van der Waals surface area contributed by atoms with Crippen LogP contribution in [0.1, 0.15) is 95.3 Å². The molecule has 37 heavy (non-hydrogen) atoms. The number of aryl methyl sites for hydroxylation is 1. The predicted molar refractivity (Wildman–Crippen MR) is 147 cm³/mol. The molecule has 0 saturated carbocycles. The fourth-order valence-corrected chi connectivity index (χ4v) is 4.67. The summed E-state index contributed by atoms with van der Waals surface area (Å²) in [6, 6.07) is 10.4. The van der Waals surface area contributed by atoms with Gasteiger partial charge in [0.05, 0.1) is 4.92 Å². The maximum absolute atomic E-state index is 13.4. The number of aromatic nitrogens is 1. The van der Waals surface area contributed by atoms with E-state index in [1.807, 2.05) is 6.07 Å². The van der Waals surface area contributed by atoms with E-state index < -0.39 is 10.9 Å². The SMILES string of the molecule is CCCCCCCCn1c2ccc(C(=O)/C(CCCCC)=N/OC(C)=O)cc2c2cc([N+](=O)[O-])ccc21. The summed E-state index contributed by atoms with van der Waals surface area (Å²) in [6.07, 6.45) is 10.1. The number of ketones is 1. The molecule has 0 radical (unpaired) electrons. The molecule has 1 heterocycles.